The van der Waals surface area contributed by atoms with Crippen molar-refractivity contribution in [3.63, 3.8) is 0 Å². The number of pyridine rings is 1. The number of nitrogens with zero attached hydrogens (tertiary/aromatic N) is 2. The summed E-state index contributed by atoms with van der Waals surface area (Å²) in [6.07, 6.45) is 7.62. The number of amides is 2. The average molecular weight is 324 g/mol. The van der Waals surface area contributed by atoms with Gasteiger partial charge in [-0.1, -0.05) is 6.07 Å². The van der Waals surface area contributed by atoms with Crippen LogP contribution >= 0.6 is 0 Å². The van der Waals surface area contributed by atoms with Crippen molar-refractivity contribution in [3.05, 3.63) is 54.1 Å². The van der Waals surface area contributed by atoms with Gasteiger partial charge in [-0.05, 0) is 43.0 Å². The first-order chi connectivity index (χ1) is 11.7. The topological polar surface area (TPSA) is 78.1 Å². The van der Waals surface area contributed by atoms with E-state index in [4.69, 9.17) is 0 Å². The van der Waals surface area contributed by atoms with E-state index in [2.05, 4.69) is 15.3 Å². The molecular formula is C18H20N4O2. The van der Waals surface area contributed by atoms with Gasteiger partial charge in [0.05, 0.1) is 5.92 Å². The Labute approximate surface area is 140 Å². The first-order valence-corrected chi connectivity index (χ1v) is 8.32. The fourth-order valence-electron chi connectivity index (χ4n) is 3.83. The molecular weight excluding hydrogens is 304 g/mol. The molecule has 2 N–H and O–H groups in total. The molecule has 0 radical (unpaired) electrons. The van der Waals surface area contributed by atoms with Crippen molar-refractivity contribution < 1.29 is 9.59 Å². The molecule has 1 atom stereocenters. The summed E-state index contributed by atoms with van der Waals surface area (Å²) < 4.78 is 0. The summed E-state index contributed by atoms with van der Waals surface area (Å²) in [5.41, 5.74) is 1.40. The van der Waals surface area contributed by atoms with Gasteiger partial charge in [-0.15, -0.1) is 0 Å². The largest absolute Gasteiger partial charge is 0.357 e. The van der Waals surface area contributed by atoms with Gasteiger partial charge in [0.2, 0.25) is 5.91 Å². The molecule has 0 aromatic carbocycles. The molecule has 0 saturated carbocycles. The van der Waals surface area contributed by atoms with E-state index < -0.39 is 0 Å². The van der Waals surface area contributed by atoms with Crippen LogP contribution in [0.25, 0.3) is 0 Å². The van der Waals surface area contributed by atoms with Gasteiger partial charge in [0, 0.05) is 37.2 Å². The van der Waals surface area contributed by atoms with Gasteiger partial charge in [-0.2, -0.15) is 0 Å². The Kier molecular flexibility index (Phi) is 3.59. The maximum absolute atomic E-state index is 12.4. The zero-order chi connectivity index (χ0) is 16.6. The number of carbonyl (C=O) groups is 2. The van der Waals surface area contributed by atoms with Crippen LogP contribution in [0.5, 0.6) is 0 Å². The lowest BCUT2D eigenvalue weighted by Gasteiger charge is -2.39. The number of aromatic nitrogens is 2. The molecule has 0 bridgehead atoms. The lowest BCUT2D eigenvalue weighted by Crippen LogP contribution is -2.52. The molecule has 1 unspecified atom stereocenters. The van der Waals surface area contributed by atoms with Crippen LogP contribution in [0, 0.1) is 0 Å². The third kappa shape index (κ3) is 2.58. The Morgan fingerprint density at radius 1 is 1.25 bits per heavy atom. The third-order valence-corrected chi connectivity index (χ3v) is 5.22. The number of piperidine rings is 1. The van der Waals surface area contributed by atoms with Crippen molar-refractivity contribution in [2.75, 3.05) is 13.1 Å². The highest BCUT2D eigenvalue weighted by Crippen LogP contribution is 2.39. The highest BCUT2D eigenvalue weighted by atomic mass is 16.2. The van der Waals surface area contributed by atoms with Crippen molar-refractivity contribution in [3.8, 4) is 0 Å². The Balaban J connectivity index is 1.44. The molecule has 2 amide bonds. The van der Waals surface area contributed by atoms with E-state index in [0.717, 1.165) is 24.8 Å². The maximum Gasteiger partial charge on any atom is 0.270 e. The Bertz CT molecular complexity index is 734. The minimum absolute atomic E-state index is 0.0305. The summed E-state index contributed by atoms with van der Waals surface area (Å²) in [5, 5.41) is 3.20. The minimum atomic E-state index is -0.190. The first-order valence-electron chi connectivity index (χ1n) is 8.32. The predicted molar refractivity (Wildman–Crippen MR) is 88.4 cm³/mol. The molecule has 2 aliphatic rings. The molecule has 2 saturated heterocycles. The molecule has 24 heavy (non-hydrogen) atoms. The SMILES string of the molecule is O=C1NC2(CCN(C(=O)c3ccc[nH]3)CC2)CC1c1cccnc1. The van der Waals surface area contributed by atoms with Crippen LogP contribution in [0.1, 0.15) is 41.2 Å². The fraction of sp³-hybridized carbons (Fsp3) is 0.389. The standard InChI is InChI=1S/C18H20N4O2/c23-16-14(13-3-1-7-19-12-13)11-18(21-16)5-9-22(10-6-18)17(24)15-4-2-8-20-15/h1-4,7-8,12,14,20H,5-6,9-11H2,(H,21,23). The van der Waals surface area contributed by atoms with Crippen molar-refractivity contribution >= 4 is 11.8 Å². The number of H-pyrrole nitrogens is 1. The quantitative estimate of drug-likeness (QED) is 0.882. The summed E-state index contributed by atoms with van der Waals surface area (Å²) in [6.45, 7) is 1.33. The van der Waals surface area contributed by atoms with Gasteiger partial charge in [0.25, 0.3) is 5.91 Å². The number of rotatable bonds is 2. The molecule has 1 spiro atoms. The second-order valence-corrected chi connectivity index (χ2v) is 6.69. The van der Waals surface area contributed by atoms with Gasteiger partial charge in [-0.25, -0.2) is 0 Å². The summed E-state index contributed by atoms with van der Waals surface area (Å²) in [7, 11) is 0. The summed E-state index contributed by atoms with van der Waals surface area (Å²) in [6, 6.07) is 7.45. The lowest BCUT2D eigenvalue weighted by molar-refractivity contribution is -0.121. The molecule has 6 heteroatoms. The van der Waals surface area contributed by atoms with Gasteiger partial charge in [0.15, 0.2) is 0 Å². The third-order valence-electron chi connectivity index (χ3n) is 5.22. The summed E-state index contributed by atoms with van der Waals surface area (Å²) in [4.78, 5) is 33.8. The molecule has 2 aromatic heterocycles. The van der Waals surface area contributed by atoms with Crippen molar-refractivity contribution in [2.45, 2.75) is 30.7 Å². The van der Waals surface area contributed by atoms with Crippen LogP contribution < -0.4 is 5.32 Å². The first kappa shape index (κ1) is 14.9. The normalized spacial score (nSPS) is 22.6. The average Bonchev–Trinajstić information content (AvgIpc) is 3.25. The van der Waals surface area contributed by atoms with Gasteiger partial charge < -0.3 is 15.2 Å². The molecule has 6 nitrogen and oxygen atoms in total. The van der Waals surface area contributed by atoms with Crippen molar-refractivity contribution in [2.24, 2.45) is 0 Å². The smallest absolute Gasteiger partial charge is 0.270 e. The van der Waals surface area contributed by atoms with Crippen LogP contribution in [-0.4, -0.2) is 45.3 Å². The van der Waals surface area contributed by atoms with E-state index >= 15 is 0 Å². The molecule has 2 aromatic rings. The van der Waals surface area contributed by atoms with Crippen molar-refractivity contribution in [1.82, 2.24) is 20.2 Å². The molecule has 0 aliphatic carbocycles. The zero-order valence-corrected chi connectivity index (χ0v) is 13.4. The van der Waals surface area contributed by atoms with Gasteiger partial charge in [-0.3, -0.25) is 14.6 Å². The number of aromatic amines is 1. The zero-order valence-electron chi connectivity index (χ0n) is 13.4. The highest BCUT2D eigenvalue weighted by Gasteiger charge is 2.46. The predicted octanol–water partition coefficient (Wildman–Crippen LogP) is 1.69. The molecule has 124 valence electrons. The summed E-state index contributed by atoms with van der Waals surface area (Å²) in [5.74, 6) is -0.0283. The minimum Gasteiger partial charge on any atom is -0.357 e. The number of hydrogen-bond donors (Lipinski definition) is 2. The van der Waals surface area contributed by atoms with Crippen LogP contribution in [0.4, 0.5) is 0 Å². The van der Waals surface area contributed by atoms with E-state index in [1.54, 1.807) is 24.7 Å². The molecule has 4 heterocycles. The Morgan fingerprint density at radius 3 is 2.75 bits per heavy atom. The second kappa shape index (κ2) is 5.78. The van der Waals surface area contributed by atoms with E-state index in [-0.39, 0.29) is 23.3 Å². The Morgan fingerprint density at radius 2 is 2.08 bits per heavy atom. The molecule has 2 fully saturated rings. The number of nitrogens with one attached hydrogen (secondary N) is 2. The van der Waals surface area contributed by atoms with Crippen LogP contribution in [0.3, 0.4) is 0 Å². The van der Waals surface area contributed by atoms with Crippen molar-refractivity contribution in [1.29, 1.82) is 0 Å². The monoisotopic (exact) mass is 324 g/mol. The van der Waals surface area contributed by atoms with Gasteiger partial charge in [0.1, 0.15) is 5.69 Å². The molecule has 4 rings (SSSR count). The summed E-state index contributed by atoms with van der Waals surface area (Å²) >= 11 is 0. The molecule has 2 aliphatic heterocycles. The van der Waals surface area contributed by atoms with Crippen LogP contribution in [0.15, 0.2) is 42.9 Å². The van der Waals surface area contributed by atoms with E-state index in [9.17, 15) is 9.59 Å². The lowest BCUT2D eigenvalue weighted by atomic mass is 9.82. The highest BCUT2D eigenvalue weighted by molar-refractivity contribution is 5.92. The maximum atomic E-state index is 12.4. The number of carbonyl (C=O) groups excluding carboxylic acids is 2. The van der Waals surface area contributed by atoms with Crippen LogP contribution in [-0.2, 0) is 4.79 Å². The number of hydrogen-bond acceptors (Lipinski definition) is 3. The van der Waals surface area contributed by atoms with Crippen LogP contribution in [0.2, 0.25) is 0 Å². The Hall–Kier alpha value is -2.63. The van der Waals surface area contributed by atoms with E-state index in [0.29, 0.717) is 18.8 Å². The van der Waals surface area contributed by atoms with E-state index in [1.165, 1.54) is 0 Å². The second-order valence-electron chi connectivity index (χ2n) is 6.69. The van der Waals surface area contributed by atoms with Gasteiger partial charge >= 0.3 is 0 Å². The fourth-order valence-corrected chi connectivity index (χ4v) is 3.83. The number of likely N-dealkylation sites (tertiary alicyclic amines) is 1. The van der Waals surface area contributed by atoms with E-state index in [1.807, 2.05) is 23.1 Å².